The van der Waals surface area contributed by atoms with Crippen LogP contribution >= 0.6 is 34.7 Å². The lowest BCUT2D eigenvalue weighted by Gasteiger charge is -2.36. The van der Waals surface area contributed by atoms with Gasteiger partial charge in [0, 0.05) is 23.7 Å². The minimum Gasteiger partial charge on any atom is -0.481 e. The van der Waals surface area contributed by atoms with Gasteiger partial charge in [0.1, 0.15) is 0 Å². The molecule has 1 aliphatic rings. The number of hydrogen-bond acceptors (Lipinski definition) is 4. The van der Waals surface area contributed by atoms with Crippen LogP contribution < -0.4 is 0 Å². The Morgan fingerprint density at radius 2 is 2.10 bits per heavy atom. The van der Waals surface area contributed by atoms with Gasteiger partial charge in [-0.25, -0.2) is 0 Å². The molecule has 0 bridgehead atoms. The molecule has 0 radical (unpaired) electrons. The summed E-state index contributed by atoms with van der Waals surface area (Å²) in [5, 5.41) is 9.17. The second-order valence-corrected chi connectivity index (χ2v) is 8.23. The van der Waals surface area contributed by atoms with E-state index in [2.05, 4.69) is 0 Å². The van der Waals surface area contributed by atoms with Gasteiger partial charge in [-0.05, 0) is 31.9 Å². The van der Waals surface area contributed by atoms with Gasteiger partial charge in [-0.1, -0.05) is 11.6 Å². The molecule has 1 aliphatic heterocycles. The fourth-order valence-corrected chi connectivity index (χ4v) is 4.35. The van der Waals surface area contributed by atoms with Crippen molar-refractivity contribution in [2.24, 2.45) is 5.41 Å². The summed E-state index contributed by atoms with van der Waals surface area (Å²) >= 11 is 8.97. The SMILES string of the molecule is CC1(C(=O)O)CCN(C(=O)CSCc2ccc(Cl)s2)CC1. The van der Waals surface area contributed by atoms with Gasteiger partial charge in [-0.2, -0.15) is 0 Å². The van der Waals surface area contributed by atoms with Crippen LogP contribution in [-0.4, -0.2) is 40.7 Å². The third-order valence-electron chi connectivity index (χ3n) is 3.83. The molecule has 0 atom stereocenters. The summed E-state index contributed by atoms with van der Waals surface area (Å²) in [6.07, 6.45) is 1.05. The van der Waals surface area contributed by atoms with Crippen LogP contribution in [-0.2, 0) is 15.3 Å². The highest BCUT2D eigenvalue weighted by Crippen LogP contribution is 2.31. The molecule has 21 heavy (non-hydrogen) atoms. The summed E-state index contributed by atoms with van der Waals surface area (Å²) in [5.41, 5.74) is -0.683. The zero-order valence-corrected chi connectivity index (χ0v) is 14.2. The predicted molar refractivity (Wildman–Crippen MR) is 87.0 cm³/mol. The minimum absolute atomic E-state index is 0.0927. The smallest absolute Gasteiger partial charge is 0.309 e. The van der Waals surface area contributed by atoms with Crippen molar-refractivity contribution in [2.45, 2.75) is 25.5 Å². The molecule has 0 aromatic carbocycles. The summed E-state index contributed by atoms with van der Waals surface area (Å²) in [4.78, 5) is 26.2. The zero-order chi connectivity index (χ0) is 15.5. The van der Waals surface area contributed by atoms with Gasteiger partial charge in [-0.15, -0.1) is 23.1 Å². The molecule has 116 valence electrons. The van der Waals surface area contributed by atoms with Gasteiger partial charge in [0.25, 0.3) is 0 Å². The van der Waals surface area contributed by atoms with Gasteiger partial charge >= 0.3 is 5.97 Å². The predicted octanol–water partition coefficient (Wildman–Crippen LogP) is 3.35. The lowest BCUT2D eigenvalue weighted by atomic mass is 9.80. The fourth-order valence-electron chi connectivity index (χ4n) is 2.22. The number of halogens is 1. The number of thiophene rings is 1. The lowest BCUT2D eigenvalue weighted by Crippen LogP contribution is -2.45. The molecule has 1 fully saturated rings. The van der Waals surface area contributed by atoms with Crippen LogP contribution in [0.1, 0.15) is 24.6 Å². The third-order valence-corrected chi connectivity index (χ3v) is 6.21. The Balaban J connectivity index is 1.74. The molecule has 1 amide bonds. The number of rotatable bonds is 5. The van der Waals surface area contributed by atoms with Crippen LogP contribution in [0.4, 0.5) is 0 Å². The quantitative estimate of drug-likeness (QED) is 0.887. The van der Waals surface area contributed by atoms with E-state index < -0.39 is 11.4 Å². The van der Waals surface area contributed by atoms with Gasteiger partial charge in [-0.3, -0.25) is 9.59 Å². The van der Waals surface area contributed by atoms with E-state index in [-0.39, 0.29) is 5.91 Å². The highest BCUT2D eigenvalue weighted by atomic mass is 35.5. The summed E-state index contributed by atoms with van der Waals surface area (Å²) in [7, 11) is 0. The van der Waals surface area contributed by atoms with Crippen molar-refractivity contribution in [3.8, 4) is 0 Å². The number of nitrogens with zero attached hydrogens (tertiary/aromatic N) is 1. The van der Waals surface area contributed by atoms with Crippen molar-refractivity contribution < 1.29 is 14.7 Å². The second-order valence-electron chi connectivity index (χ2n) is 5.45. The molecule has 4 nitrogen and oxygen atoms in total. The van der Waals surface area contributed by atoms with Crippen molar-refractivity contribution in [1.82, 2.24) is 4.90 Å². The number of carbonyl (C=O) groups is 2. The molecule has 0 aliphatic carbocycles. The summed E-state index contributed by atoms with van der Waals surface area (Å²) < 4.78 is 0.765. The molecular weight excluding hydrogens is 330 g/mol. The van der Waals surface area contributed by atoms with Crippen molar-refractivity contribution in [1.29, 1.82) is 0 Å². The number of carboxylic acids is 1. The number of likely N-dealkylation sites (tertiary alicyclic amines) is 1. The maximum absolute atomic E-state index is 12.1. The van der Waals surface area contributed by atoms with Gasteiger partial charge in [0.2, 0.25) is 5.91 Å². The maximum Gasteiger partial charge on any atom is 0.309 e. The normalized spacial score (nSPS) is 17.7. The standard InChI is InChI=1S/C14H18ClNO3S2/c1-14(13(18)19)4-6-16(7-5-14)12(17)9-20-8-10-2-3-11(15)21-10/h2-3H,4-9H2,1H3,(H,18,19). The topological polar surface area (TPSA) is 57.6 Å². The third kappa shape index (κ3) is 4.37. The van der Waals surface area contributed by atoms with Gasteiger partial charge in [0.05, 0.1) is 15.5 Å². The highest BCUT2D eigenvalue weighted by molar-refractivity contribution is 7.99. The molecule has 2 heterocycles. The van der Waals surface area contributed by atoms with E-state index in [1.54, 1.807) is 23.6 Å². The summed E-state index contributed by atoms with van der Waals surface area (Å²) in [6.45, 7) is 2.83. The van der Waals surface area contributed by atoms with Gasteiger partial charge in [0.15, 0.2) is 0 Å². The summed E-state index contributed by atoms with van der Waals surface area (Å²) in [6, 6.07) is 3.84. The van der Waals surface area contributed by atoms with Crippen molar-refractivity contribution in [3.63, 3.8) is 0 Å². The lowest BCUT2D eigenvalue weighted by molar-refractivity contribution is -0.152. The molecule has 7 heteroatoms. The number of hydrogen-bond donors (Lipinski definition) is 1. The highest BCUT2D eigenvalue weighted by Gasteiger charge is 2.37. The largest absolute Gasteiger partial charge is 0.481 e. The summed E-state index contributed by atoms with van der Waals surface area (Å²) in [5.74, 6) is 0.539. The van der Waals surface area contributed by atoms with Crippen LogP contribution in [0.25, 0.3) is 0 Å². The fraction of sp³-hybridized carbons (Fsp3) is 0.571. The monoisotopic (exact) mass is 347 g/mol. The number of piperidine rings is 1. The molecule has 1 aromatic rings. The molecule has 0 saturated carbocycles. The Kier molecular flexibility index (Phi) is 5.57. The average Bonchev–Trinajstić information content (AvgIpc) is 2.85. The van der Waals surface area contributed by atoms with E-state index in [4.69, 9.17) is 11.6 Å². The number of aliphatic carboxylic acids is 1. The van der Waals surface area contributed by atoms with E-state index in [0.717, 1.165) is 15.0 Å². The molecule has 0 spiro atoms. The maximum atomic E-state index is 12.1. The Morgan fingerprint density at radius 3 is 2.62 bits per heavy atom. The van der Waals surface area contributed by atoms with E-state index in [0.29, 0.717) is 31.7 Å². The van der Waals surface area contributed by atoms with Crippen LogP contribution in [0.15, 0.2) is 12.1 Å². The molecule has 1 aromatic heterocycles. The van der Waals surface area contributed by atoms with E-state index in [1.165, 1.54) is 11.3 Å². The zero-order valence-electron chi connectivity index (χ0n) is 11.8. The number of thioether (sulfide) groups is 1. The first-order valence-electron chi connectivity index (χ1n) is 6.74. The Hall–Kier alpha value is -0.720. The molecular formula is C14H18ClNO3S2. The van der Waals surface area contributed by atoms with Gasteiger partial charge < -0.3 is 10.0 Å². The Labute approximate surface area is 137 Å². The Bertz CT molecular complexity index is 524. The average molecular weight is 348 g/mol. The minimum atomic E-state index is -0.765. The van der Waals surface area contributed by atoms with E-state index in [9.17, 15) is 14.7 Å². The van der Waals surface area contributed by atoms with Crippen molar-refractivity contribution in [3.05, 3.63) is 21.3 Å². The molecule has 0 unspecified atom stereocenters. The first-order valence-corrected chi connectivity index (χ1v) is 9.09. The van der Waals surface area contributed by atoms with Crippen LogP contribution in [0.3, 0.4) is 0 Å². The Morgan fingerprint density at radius 1 is 1.43 bits per heavy atom. The first-order chi connectivity index (χ1) is 9.90. The molecule has 2 rings (SSSR count). The van der Waals surface area contributed by atoms with Crippen molar-refractivity contribution in [2.75, 3.05) is 18.8 Å². The number of carboxylic acid groups (broad SMARTS) is 1. The van der Waals surface area contributed by atoms with Crippen LogP contribution in [0, 0.1) is 5.41 Å². The van der Waals surface area contributed by atoms with Crippen LogP contribution in [0.2, 0.25) is 4.34 Å². The second kappa shape index (κ2) is 7.03. The molecule has 1 N–H and O–H groups in total. The van der Waals surface area contributed by atoms with E-state index in [1.807, 2.05) is 12.1 Å². The first kappa shape index (κ1) is 16.6. The van der Waals surface area contributed by atoms with Crippen molar-refractivity contribution >= 4 is 46.6 Å². The molecule has 1 saturated heterocycles. The number of carbonyl (C=O) groups excluding carboxylic acids is 1. The number of amides is 1. The van der Waals surface area contributed by atoms with Crippen LogP contribution in [0.5, 0.6) is 0 Å². The van der Waals surface area contributed by atoms with E-state index >= 15 is 0 Å².